The predicted molar refractivity (Wildman–Crippen MR) is 243 cm³/mol. The molecule has 0 radical (unpaired) electrons. The molecule has 0 aromatic carbocycles. The molecule has 0 aromatic heterocycles. The molecular formula is C46H78O13P2. The number of rotatable bonds is 41. The van der Waals surface area contributed by atoms with Gasteiger partial charge in [0, 0.05) is 12.8 Å². The second-order valence-corrected chi connectivity index (χ2v) is 17.3. The number of ether oxygens (including phenoxy) is 2. The Labute approximate surface area is 367 Å². The van der Waals surface area contributed by atoms with E-state index in [4.69, 9.17) is 23.8 Å². The minimum Gasteiger partial charge on any atom is -0.462 e. The maximum absolute atomic E-state index is 12.7. The van der Waals surface area contributed by atoms with E-state index < -0.39 is 66.2 Å². The van der Waals surface area contributed by atoms with Crippen LogP contribution in [-0.2, 0) is 41.8 Å². The summed E-state index contributed by atoms with van der Waals surface area (Å²) >= 11 is 0. The van der Waals surface area contributed by atoms with Crippen molar-refractivity contribution < 1.29 is 61.6 Å². The number of phosphoric ester groups is 2. The summed E-state index contributed by atoms with van der Waals surface area (Å²) < 4.78 is 47.7. The smallest absolute Gasteiger partial charge is 0.462 e. The zero-order chi connectivity index (χ0) is 45.1. The van der Waals surface area contributed by atoms with Gasteiger partial charge in [-0.25, -0.2) is 9.13 Å². The molecule has 0 aromatic rings. The molecule has 61 heavy (non-hydrogen) atoms. The Morgan fingerprint density at radius 1 is 0.475 bits per heavy atom. The van der Waals surface area contributed by atoms with Crippen molar-refractivity contribution in [3.63, 3.8) is 0 Å². The SMILES string of the molecule is CCCCCC=CCC=CCC=CCC=CCCCCCC(=O)OC(COC(=O)CCCCC=CCC=CCC=CCCCCC)COP(=O)(O)OCC(O)COP(=O)(O)O. The number of carbonyl (C=O) groups excluding carboxylic acids is 2. The lowest BCUT2D eigenvalue weighted by atomic mass is 10.1. The Hall–Kier alpha value is -2.70. The van der Waals surface area contributed by atoms with Gasteiger partial charge in [-0.05, 0) is 96.3 Å². The van der Waals surface area contributed by atoms with Gasteiger partial charge in [0.05, 0.1) is 19.8 Å². The molecule has 0 amide bonds. The van der Waals surface area contributed by atoms with Crippen LogP contribution in [0.3, 0.4) is 0 Å². The van der Waals surface area contributed by atoms with E-state index in [1.54, 1.807) is 0 Å². The van der Waals surface area contributed by atoms with E-state index in [0.717, 1.165) is 77.0 Å². The number of hydrogen-bond acceptors (Lipinski definition) is 10. The van der Waals surface area contributed by atoms with Gasteiger partial charge in [0.25, 0.3) is 0 Å². The fourth-order valence-corrected chi connectivity index (χ4v) is 6.49. The third-order valence-corrected chi connectivity index (χ3v) is 10.2. The van der Waals surface area contributed by atoms with E-state index in [1.165, 1.54) is 38.5 Å². The van der Waals surface area contributed by atoms with Gasteiger partial charge >= 0.3 is 27.6 Å². The van der Waals surface area contributed by atoms with E-state index in [2.05, 4.69) is 108 Å². The summed E-state index contributed by atoms with van der Waals surface area (Å²) in [6.07, 6.45) is 47.2. The highest BCUT2D eigenvalue weighted by Gasteiger charge is 2.28. The van der Waals surface area contributed by atoms with E-state index in [9.17, 15) is 28.7 Å². The molecule has 3 unspecified atom stereocenters. The molecule has 0 bridgehead atoms. The van der Waals surface area contributed by atoms with Crippen LogP contribution < -0.4 is 0 Å². The highest BCUT2D eigenvalue weighted by atomic mass is 31.2. The molecular weight excluding hydrogens is 822 g/mol. The second kappa shape index (κ2) is 41.3. The Bertz CT molecular complexity index is 1400. The summed E-state index contributed by atoms with van der Waals surface area (Å²) in [5, 5.41) is 9.75. The van der Waals surface area contributed by atoms with Crippen molar-refractivity contribution in [3.05, 3.63) is 85.1 Å². The molecule has 0 heterocycles. The molecule has 0 rings (SSSR count). The van der Waals surface area contributed by atoms with Crippen molar-refractivity contribution in [2.24, 2.45) is 0 Å². The Morgan fingerprint density at radius 3 is 1.31 bits per heavy atom. The molecule has 15 heteroatoms. The number of aliphatic hydroxyl groups is 1. The van der Waals surface area contributed by atoms with Gasteiger partial charge in [-0.3, -0.25) is 23.2 Å². The normalized spacial score (nSPS) is 14.8. The Balaban J connectivity index is 4.65. The first-order chi connectivity index (χ1) is 29.4. The average molecular weight is 901 g/mol. The van der Waals surface area contributed by atoms with Gasteiger partial charge in [0.2, 0.25) is 0 Å². The molecule has 350 valence electrons. The van der Waals surface area contributed by atoms with Crippen molar-refractivity contribution in [2.45, 2.75) is 167 Å². The monoisotopic (exact) mass is 900 g/mol. The Morgan fingerprint density at radius 2 is 0.852 bits per heavy atom. The van der Waals surface area contributed by atoms with Crippen molar-refractivity contribution in [3.8, 4) is 0 Å². The van der Waals surface area contributed by atoms with Crippen LogP contribution in [-0.4, -0.2) is 70.4 Å². The predicted octanol–water partition coefficient (Wildman–Crippen LogP) is 11.6. The summed E-state index contributed by atoms with van der Waals surface area (Å²) in [4.78, 5) is 52.7. The lowest BCUT2D eigenvalue weighted by Gasteiger charge is -2.20. The van der Waals surface area contributed by atoms with Gasteiger partial charge in [-0.2, -0.15) is 0 Å². The van der Waals surface area contributed by atoms with Gasteiger partial charge in [-0.1, -0.05) is 131 Å². The second-order valence-electron chi connectivity index (χ2n) is 14.6. The van der Waals surface area contributed by atoms with Gasteiger partial charge in [0.15, 0.2) is 6.10 Å². The minimum absolute atomic E-state index is 0.0809. The van der Waals surface area contributed by atoms with Crippen LogP contribution in [0, 0.1) is 0 Å². The van der Waals surface area contributed by atoms with Crippen LogP contribution in [0.5, 0.6) is 0 Å². The molecule has 0 saturated carbocycles. The number of unbranched alkanes of at least 4 members (excludes halogenated alkanes) is 11. The molecule has 3 atom stereocenters. The molecule has 4 N–H and O–H groups in total. The van der Waals surface area contributed by atoms with Crippen LogP contribution in [0.4, 0.5) is 0 Å². The maximum atomic E-state index is 12.7. The summed E-state index contributed by atoms with van der Waals surface area (Å²) in [5.41, 5.74) is 0. The molecule has 0 aliphatic rings. The van der Waals surface area contributed by atoms with Crippen molar-refractivity contribution in [1.82, 2.24) is 0 Å². The van der Waals surface area contributed by atoms with Crippen LogP contribution >= 0.6 is 15.6 Å². The number of carbonyl (C=O) groups is 2. The van der Waals surface area contributed by atoms with Crippen molar-refractivity contribution in [2.75, 3.05) is 26.4 Å². The first-order valence-electron chi connectivity index (χ1n) is 22.3. The quantitative estimate of drug-likeness (QED) is 0.0196. The first-order valence-corrected chi connectivity index (χ1v) is 25.3. The Kier molecular flexibility index (Phi) is 39.5. The zero-order valence-corrected chi connectivity index (χ0v) is 38.8. The van der Waals surface area contributed by atoms with E-state index in [-0.39, 0.29) is 12.8 Å². The number of esters is 2. The first kappa shape index (κ1) is 58.3. The number of phosphoric acid groups is 2. The van der Waals surface area contributed by atoms with Crippen LogP contribution in [0.15, 0.2) is 85.1 Å². The fourth-order valence-electron chi connectivity index (χ4n) is 5.34. The molecule has 0 spiro atoms. The third kappa shape index (κ3) is 45.1. The van der Waals surface area contributed by atoms with E-state index in [0.29, 0.717) is 12.8 Å². The summed E-state index contributed by atoms with van der Waals surface area (Å²) in [7, 11) is -9.70. The van der Waals surface area contributed by atoms with Crippen molar-refractivity contribution in [1.29, 1.82) is 0 Å². The highest BCUT2D eigenvalue weighted by Crippen LogP contribution is 2.43. The van der Waals surface area contributed by atoms with Gasteiger partial charge in [0.1, 0.15) is 12.7 Å². The third-order valence-electron chi connectivity index (χ3n) is 8.75. The highest BCUT2D eigenvalue weighted by molar-refractivity contribution is 7.47. The molecule has 0 aliphatic carbocycles. The standard InChI is InChI=1S/C46H78O13P2/c1-3-5-7-9-11-13-15-17-19-20-21-22-24-26-28-30-32-34-36-38-46(49)59-44(42-58-61(53,54)57-40-43(47)39-56-60(50,51)52)41-55-45(48)37-35-33-31-29-27-25-23-18-16-14-12-10-8-6-4-2/h11-14,17-19,21-23,26-29,43-44,47H,3-10,15-16,20,24-25,30-42H2,1-2H3,(H,53,54)(H2,50,51,52). The van der Waals surface area contributed by atoms with Crippen LogP contribution in [0.2, 0.25) is 0 Å². The average Bonchev–Trinajstić information content (AvgIpc) is 3.22. The summed E-state index contributed by atoms with van der Waals surface area (Å²) in [5.74, 6) is -1.12. The largest absolute Gasteiger partial charge is 0.472 e. The van der Waals surface area contributed by atoms with Crippen LogP contribution in [0.1, 0.15) is 155 Å². The minimum atomic E-state index is -4.87. The van der Waals surface area contributed by atoms with Crippen LogP contribution in [0.25, 0.3) is 0 Å². The molecule has 13 nitrogen and oxygen atoms in total. The number of hydrogen-bond donors (Lipinski definition) is 4. The summed E-state index contributed by atoms with van der Waals surface area (Å²) in [6.45, 7) is 1.61. The topological polar surface area (TPSA) is 195 Å². The lowest BCUT2D eigenvalue weighted by molar-refractivity contribution is -0.161. The lowest BCUT2D eigenvalue weighted by Crippen LogP contribution is -2.30. The zero-order valence-electron chi connectivity index (χ0n) is 37.0. The maximum Gasteiger partial charge on any atom is 0.472 e. The summed E-state index contributed by atoms with van der Waals surface area (Å²) in [6, 6.07) is 0. The number of aliphatic hydroxyl groups excluding tert-OH is 1. The van der Waals surface area contributed by atoms with Gasteiger partial charge in [-0.15, -0.1) is 0 Å². The van der Waals surface area contributed by atoms with E-state index in [1.807, 2.05) is 0 Å². The molecule has 0 saturated heterocycles. The molecule has 0 fully saturated rings. The molecule has 0 aliphatic heterocycles. The fraction of sp³-hybridized carbons (Fsp3) is 0.652. The number of allylic oxidation sites excluding steroid dienone is 14. The van der Waals surface area contributed by atoms with Crippen molar-refractivity contribution >= 4 is 27.6 Å². The van der Waals surface area contributed by atoms with E-state index >= 15 is 0 Å². The van der Waals surface area contributed by atoms with Gasteiger partial charge < -0.3 is 29.3 Å².